The predicted molar refractivity (Wildman–Crippen MR) is 58.0 cm³/mol. The Hall–Kier alpha value is -1.42. The molecule has 1 saturated heterocycles. The van der Waals surface area contributed by atoms with Gasteiger partial charge in [0, 0.05) is 6.04 Å². The Labute approximate surface area is 93.5 Å². The van der Waals surface area contributed by atoms with E-state index >= 15 is 0 Å². The maximum atomic E-state index is 13.3. The van der Waals surface area contributed by atoms with Crippen molar-refractivity contribution in [1.29, 1.82) is 0 Å². The Morgan fingerprint density at radius 1 is 1.50 bits per heavy atom. The second-order valence-corrected chi connectivity index (χ2v) is 4.22. The molecule has 1 fully saturated rings. The van der Waals surface area contributed by atoms with Crippen LogP contribution in [-0.4, -0.2) is 29.6 Å². The maximum absolute atomic E-state index is 13.3. The fourth-order valence-corrected chi connectivity index (χ4v) is 2.26. The van der Waals surface area contributed by atoms with Gasteiger partial charge >= 0.3 is 5.97 Å². The molecule has 1 atom stereocenters. The molecule has 1 aliphatic rings. The fraction of sp³-hybridized carbons (Fsp3) is 0.417. The number of aromatic carboxylic acids is 1. The van der Waals surface area contributed by atoms with E-state index in [2.05, 4.69) is 4.90 Å². The van der Waals surface area contributed by atoms with Crippen molar-refractivity contribution in [2.45, 2.75) is 18.9 Å². The highest BCUT2D eigenvalue weighted by Crippen LogP contribution is 2.31. The molecule has 0 aliphatic carbocycles. The predicted octanol–water partition coefficient (Wildman–Crippen LogP) is 2.29. The van der Waals surface area contributed by atoms with Crippen molar-refractivity contribution in [2.75, 3.05) is 13.6 Å². The van der Waals surface area contributed by atoms with Crippen LogP contribution in [0.4, 0.5) is 4.39 Å². The van der Waals surface area contributed by atoms with Gasteiger partial charge in [-0.2, -0.15) is 0 Å². The fourth-order valence-electron chi connectivity index (χ4n) is 2.26. The van der Waals surface area contributed by atoms with E-state index in [4.69, 9.17) is 5.11 Å². The van der Waals surface area contributed by atoms with E-state index in [1.54, 1.807) is 6.07 Å². The molecule has 1 aromatic rings. The molecule has 0 saturated carbocycles. The highest BCUT2D eigenvalue weighted by molar-refractivity contribution is 5.87. The molecule has 0 aromatic heterocycles. The molecule has 3 nitrogen and oxygen atoms in total. The number of rotatable bonds is 2. The SMILES string of the molecule is CN1CCCC1c1cc(F)cc(C(=O)O)c1. The molecule has 0 radical (unpaired) electrons. The lowest BCUT2D eigenvalue weighted by molar-refractivity contribution is 0.0696. The topological polar surface area (TPSA) is 40.5 Å². The summed E-state index contributed by atoms with van der Waals surface area (Å²) < 4.78 is 13.3. The highest BCUT2D eigenvalue weighted by atomic mass is 19.1. The van der Waals surface area contributed by atoms with Crippen LogP contribution in [0, 0.1) is 5.82 Å². The molecule has 0 bridgehead atoms. The van der Waals surface area contributed by atoms with Gasteiger partial charge in [0.25, 0.3) is 0 Å². The Morgan fingerprint density at radius 3 is 2.81 bits per heavy atom. The monoisotopic (exact) mass is 223 g/mol. The first-order valence-corrected chi connectivity index (χ1v) is 5.32. The molecule has 1 aliphatic heterocycles. The van der Waals surface area contributed by atoms with Crippen molar-refractivity contribution in [1.82, 2.24) is 4.90 Å². The van der Waals surface area contributed by atoms with E-state index in [0.717, 1.165) is 31.0 Å². The van der Waals surface area contributed by atoms with Gasteiger partial charge < -0.3 is 5.11 Å². The van der Waals surface area contributed by atoms with Crippen molar-refractivity contribution in [3.63, 3.8) is 0 Å². The third-order valence-corrected chi connectivity index (χ3v) is 3.07. The van der Waals surface area contributed by atoms with Gasteiger partial charge in [-0.1, -0.05) is 0 Å². The van der Waals surface area contributed by atoms with E-state index < -0.39 is 11.8 Å². The van der Waals surface area contributed by atoms with Crippen LogP contribution in [0.5, 0.6) is 0 Å². The van der Waals surface area contributed by atoms with E-state index in [1.807, 2.05) is 7.05 Å². The number of carboxylic acids is 1. The van der Waals surface area contributed by atoms with Gasteiger partial charge in [0.2, 0.25) is 0 Å². The Kier molecular flexibility index (Phi) is 2.92. The van der Waals surface area contributed by atoms with Crippen LogP contribution in [0.3, 0.4) is 0 Å². The molecule has 1 unspecified atom stereocenters. The van der Waals surface area contributed by atoms with Gasteiger partial charge in [0.05, 0.1) is 5.56 Å². The second-order valence-electron chi connectivity index (χ2n) is 4.22. The molecule has 1 N–H and O–H groups in total. The average Bonchev–Trinajstić information content (AvgIpc) is 2.63. The lowest BCUT2D eigenvalue weighted by atomic mass is 10.0. The summed E-state index contributed by atoms with van der Waals surface area (Å²) in [6.07, 6.45) is 2.03. The largest absolute Gasteiger partial charge is 0.478 e. The number of carbonyl (C=O) groups is 1. The van der Waals surface area contributed by atoms with Crippen molar-refractivity contribution < 1.29 is 14.3 Å². The Bertz CT molecular complexity index is 419. The molecular formula is C12H14FNO2. The van der Waals surface area contributed by atoms with Gasteiger partial charge in [0.15, 0.2) is 0 Å². The van der Waals surface area contributed by atoms with Crippen LogP contribution in [-0.2, 0) is 0 Å². The summed E-state index contributed by atoms with van der Waals surface area (Å²) in [5.41, 5.74) is 0.785. The zero-order valence-electron chi connectivity index (χ0n) is 9.11. The second kappa shape index (κ2) is 4.22. The summed E-state index contributed by atoms with van der Waals surface area (Å²) >= 11 is 0. The summed E-state index contributed by atoms with van der Waals surface area (Å²) in [5, 5.41) is 8.86. The third kappa shape index (κ3) is 2.07. The molecule has 86 valence electrons. The highest BCUT2D eigenvalue weighted by Gasteiger charge is 2.23. The summed E-state index contributed by atoms with van der Waals surface area (Å²) in [6, 6.07) is 4.20. The zero-order valence-corrected chi connectivity index (χ0v) is 9.11. The lowest BCUT2D eigenvalue weighted by Crippen LogP contribution is -2.18. The minimum Gasteiger partial charge on any atom is -0.478 e. The van der Waals surface area contributed by atoms with E-state index in [9.17, 15) is 9.18 Å². The number of likely N-dealkylation sites (tertiary alicyclic amines) is 1. The molecule has 1 heterocycles. The van der Waals surface area contributed by atoms with Crippen molar-refractivity contribution in [3.8, 4) is 0 Å². The van der Waals surface area contributed by atoms with Crippen molar-refractivity contribution in [2.24, 2.45) is 0 Å². The zero-order chi connectivity index (χ0) is 11.7. The first-order chi connectivity index (χ1) is 7.58. The van der Waals surface area contributed by atoms with Crippen LogP contribution in [0.2, 0.25) is 0 Å². The van der Waals surface area contributed by atoms with Gasteiger partial charge in [-0.15, -0.1) is 0 Å². The molecule has 0 spiro atoms. The van der Waals surface area contributed by atoms with E-state index in [0.29, 0.717) is 0 Å². The number of halogens is 1. The number of carboxylic acid groups (broad SMARTS) is 1. The third-order valence-electron chi connectivity index (χ3n) is 3.07. The number of hydrogen-bond donors (Lipinski definition) is 1. The Balaban J connectivity index is 2.37. The van der Waals surface area contributed by atoms with E-state index in [-0.39, 0.29) is 11.6 Å². The number of benzene rings is 1. The molecule has 2 rings (SSSR count). The maximum Gasteiger partial charge on any atom is 0.335 e. The first-order valence-electron chi connectivity index (χ1n) is 5.32. The smallest absolute Gasteiger partial charge is 0.335 e. The molecule has 16 heavy (non-hydrogen) atoms. The average molecular weight is 223 g/mol. The van der Waals surface area contributed by atoms with Gasteiger partial charge in [0.1, 0.15) is 5.82 Å². The summed E-state index contributed by atoms with van der Waals surface area (Å²) in [4.78, 5) is 12.9. The summed E-state index contributed by atoms with van der Waals surface area (Å²) in [7, 11) is 1.98. The minimum absolute atomic E-state index is 0.0234. The van der Waals surface area contributed by atoms with Gasteiger partial charge in [-0.05, 0) is 50.2 Å². The van der Waals surface area contributed by atoms with Gasteiger partial charge in [-0.3, -0.25) is 4.90 Å². The number of nitrogens with zero attached hydrogens (tertiary/aromatic N) is 1. The Morgan fingerprint density at radius 2 is 2.25 bits per heavy atom. The summed E-state index contributed by atoms with van der Waals surface area (Å²) in [6.45, 7) is 0.976. The molecule has 0 amide bonds. The van der Waals surface area contributed by atoms with Crippen molar-refractivity contribution in [3.05, 3.63) is 35.1 Å². The molecule has 1 aromatic carbocycles. The number of hydrogen-bond acceptors (Lipinski definition) is 2. The minimum atomic E-state index is -1.08. The van der Waals surface area contributed by atoms with Gasteiger partial charge in [-0.25, -0.2) is 9.18 Å². The normalized spacial score (nSPS) is 21.2. The van der Waals surface area contributed by atoms with Crippen molar-refractivity contribution >= 4 is 5.97 Å². The first kappa shape index (κ1) is 11.1. The van der Waals surface area contributed by atoms with Crippen LogP contribution in [0.1, 0.15) is 34.8 Å². The quantitative estimate of drug-likeness (QED) is 0.836. The van der Waals surface area contributed by atoms with Crippen LogP contribution in [0.25, 0.3) is 0 Å². The molecular weight excluding hydrogens is 209 g/mol. The van der Waals surface area contributed by atoms with E-state index in [1.165, 1.54) is 6.07 Å². The van der Waals surface area contributed by atoms with Crippen LogP contribution >= 0.6 is 0 Å². The molecule has 4 heteroatoms. The standard InChI is InChI=1S/C12H14FNO2/c1-14-4-2-3-11(14)8-5-9(12(15)16)7-10(13)6-8/h5-7,11H,2-4H2,1H3,(H,15,16). The lowest BCUT2D eigenvalue weighted by Gasteiger charge is -2.20. The van der Waals surface area contributed by atoms with Crippen LogP contribution < -0.4 is 0 Å². The van der Waals surface area contributed by atoms with Crippen LogP contribution in [0.15, 0.2) is 18.2 Å². The summed E-state index contributed by atoms with van der Waals surface area (Å²) in [5.74, 6) is -1.56.